The van der Waals surface area contributed by atoms with Gasteiger partial charge in [-0.1, -0.05) is 20.3 Å². The van der Waals surface area contributed by atoms with E-state index in [1.807, 2.05) is 10.9 Å². The Morgan fingerprint density at radius 3 is 2.81 bits per heavy atom. The lowest BCUT2D eigenvalue weighted by molar-refractivity contribution is 0.305. The van der Waals surface area contributed by atoms with Crippen LogP contribution in [0.25, 0.3) is 0 Å². The average molecular weight is 333 g/mol. The van der Waals surface area contributed by atoms with Gasteiger partial charge in [-0.2, -0.15) is 5.10 Å². The lowest BCUT2D eigenvalue weighted by Crippen LogP contribution is -2.14. The van der Waals surface area contributed by atoms with Crippen molar-refractivity contribution in [2.75, 3.05) is 5.73 Å². The molecule has 1 fully saturated rings. The summed E-state index contributed by atoms with van der Waals surface area (Å²) in [4.78, 5) is 0. The predicted molar refractivity (Wildman–Crippen MR) is 75.3 cm³/mol. The Bertz CT molecular complexity index is 370. The Balaban J connectivity index is 2.14. The van der Waals surface area contributed by atoms with E-state index >= 15 is 0 Å². The molecule has 2 rings (SSSR count). The summed E-state index contributed by atoms with van der Waals surface area (Å²) in [5, 5.41) is 4.41. The highest BCUT2D eigenvalue weighted by Gasteiger charge is 2.26. The van der Waals surface area contributed by atoms with Crippen molar-refractivity contribution in [2.24, 2.45) is 5.41 Å². The van der Waals surface area contributed by atoms with Gasteiger partial charge >= 0.3 is 0 Å². The summed E-state index contributed by atoms with van der Waals surface area (Å²) in [5.74, 6) is 0.838. The molecule has 1 aromatic heterocycles. The van der Waals surface area contributed by atoms with E-state index in [0.29, 0.717) is 11.5 Å². The van der Waals surface area contributed by atoms with E-state index in [0.717, 1.165) is 9.39 Å². The highest BCUT2D eigenvalue weighted by Crippen LogP contribution is 2.38. The molecule has 1 aromatic rings. The van der Waals surface area contributed by atoms with Gasteiger partial charge < -0.3 is 5.73 Å². The molecule has 1 saturated carbocycles. The van der Waals surface area contributed by atoms with Gasteiger partial charge in [0.15, 0.2) is 0 Å². The first-order valence-corrected chi connectivity index (χ1v) is 7.06. The van der Waals surface area contributed by atoms with E-state index in [4.69, 9.17) is 5.73 Å². The first kappa shape index (κ1) is 12.2. The Kier molecular flexibility index (Phi) is 3.47. The van der Waals surface area contributed by atoms with E-state index in [9.17, 15) is 0 Å². The Labute approximate surface area is 111 Å². The van der Waals surface area contributed by atoms with E-state index in [-0.39, 0.29) is 0 Å². The van der Waals surface area contributed by atoms with Crippen LogP contribution in [0, 0.1) is 8.99 Å². The minimum atomic E-state index is 0.490. The third kappa shape index (κ3) is 2.52. The van der Waals surface area contributed by atoms with Gasteiger partial charge in [0.05, 0.1) is 15.8 Å². The maximum Gasteiger partial charge on any atom is 0.135 e. The number of nitrogens with zero attached hydrogens (tertiary/aromatic N) is 2. The number of anilines is 1. The minimum Gasteiger partial charge on any atom is -0.383 e. The molecule has 1 aliphatic carbocycles. The largest absolute Gasteiger partial charge is 0.383 e. The smallest absolute Gasteiger partial charge is 0.135 e. The zero-order chi connectivity index (χ0) is 11.8. The van der Waals surface area contributed by atoms with Crippen LogP contribution in [-0.4, -0.2) is 9.78 Å². The second kappa shape index (κ2) is 4.55. The molecular weight excluding hydrogens is 313 g/mol. The van der Waals surface area contributed by atoms with Crippen LogP contribution in [0.4, 0.5) is 5.82 Å². The molecule has 0 spiro atoms. The number of nitrogens with two attached hydrogens (primary N) is 1. The molecule has 0 saturated heterocycles. The van der Waals surface area contributed by atoms with Crippen molar-refractivity contribution < 1.29 is 0 Å². The molecule has 0 radical (unpaired) electrons. The highest BCUT2D eigenvalue weighted by molar-refractivity contribution is 14.1. The average Bonchev–Trinajstić information content (AvgIpc) is 2.45. The van der Waals surface area contributed by atoms with Gasteiger partial charge in [0.1, 0.15) is 5.82 Å². The number of aromatic nitrogens is 2. The molecule has 1 unspecified atom stereocenters. The monoisotopic (exact) mass is 333 g/mol. The van der Waals surface area contributed by atoms with Crippen molar-refractivity contribution in [3.05, 3.63) is 9.77 Å². The molecule has 0 bridgehead atoms. The molecule has 4 heteroatoms. The van der Waals surface area contributed by atoms with Crippen LogP contribution in [0.15, 0.2) is 6.20 Å². The van der Waals surface area contributed by atoms with Gasteiger partial charge in [-0.05, 0) is 53.7 Å². The molecule has 0 aliphatic heterocycles. The SMILES string of the molecule is CC1(C)CCCC(n2ncc(I)c2N)CC1. The zero-order valence-corrected chi connectivity index (χ0v) is 12.2. The second-order valence-electron chi connectivity index (χ2n) is 5.57. The first-order chi connectivity index (χ1) is 7.49. The molecule has 2 N–H and O–H groups in total. The van der Waals surface area contributed by atoms with Gasteiger partial charge in [-0.25, -0.2) is 4.68 Å². The van der Waals surface area contributed by atoms with Crippen LogP contribution in [0.1, 0.15) is 52.0 Å². The van der Waals surface area contributed by atoms with Crippen molar-refractivity contribution >= 4 is 28.4 Å². The zero-order valence-electron chi connectivity index (χ0n) is 10.0. The van der Waals surface area contributed by atoms with E-state index < -0.39 is 0 Å². The number of rotatable bonds is 1. The van der Waals surface area contributed by atoms with Crippen LogP contribution in [0.2, 0.25) is 0 Å². The molecule has 0 amide bonds. The lowest BCUT2D eigenvalue weighted by atomic mass is 9.85. The summed E-state index contributed by atoms with van der Waals surface area (Å²) < 4.78 is 3.10. The molecule has 1 aliphatic rings. The minimum absolute atomic E-state index is 0.490. The summed E-state index contributed by atoms with van der Waals surface area (Å²) in [6, 6.07) is 0.505. The molecule has 1 atom stereocenters. The van der Waals surface area contributed by atoms with Crippen molar-refractivity contribution in [1.29, 1.82) is 0 Å². The maximum atomic E-state index is 6.05. The Hall–Kier alpha value is -0.260. The molecule has 0 aromatic carbocycles. The van der Waals surface area contributed by atoms with E-state index in [1.54, 1.807) is 0 Å². The van der Waals surface area contributed by atoms with Gasteiger partial charge in [0.25, 0.3) is 0 Å². The van der Waals surface area contributed by atoms with E-state index in [2.05, 4.69) is 41.5 Å². The first-order valence-electron chi connectivity index (χ1n) is 5.98. The summed E-state index contributed by atoms with van der Waals surface area (Å²) in [6.45, 7) is 4.73. The van der Waals surface area contributed by atoms with Crippen LogP contribution in [0.5, 0.6) is 0 Å². The van der Waals surface area contributed by atoms with Gasteiger partial charge in [0, 0.05) is 0 Å². The van der Waals surface area contributed by atoms with Crippen molar-refractivity contribution in [2.45, 2.75) is 52.0 Å². The van der Waals surface area contributed by atoms with Gasteiger partial charge in [-0.15, -0.1) is 0 Å². The second-order valence-corrected chi connectivity index (χ2v) is 6.73. The third-order valence-electron chi connectivity index (χ3n) is 3.68. The fourth-order valence-corrected chi connectivity index (χ4v) is 2.90. The van der Waals surface area contributed by atoms with Crippen LogP contribution < -0.4 is 5.73 Å². The van der Waals surface area contributed by atoms with Gasteiger partial charge in [-0.3, -0.25) is 0 Å². The molecule has 90 valence electrons. The number of hydrogen-bond donors (Lipinski definition) is 1. The quantitative estimate of drug-likeness (QED) is 0.630. The lowest BCUT2D eigenvalue weighted by Gasteiger charge is -2.22. The fraction of sp³-hybridized carbons (Fsp3) is 0.750. The Morgan fingerprint density at radius 1 is 1.44 bits per heavy atom. The van der Waals surface area contributed by atoms with Crippen LogP contribution >= 0.6 is 22.6 Å². The van der Waals surface area contributed by atoms with Crippen LogP contribution in [-0.2, 0) is 0 Å². The highest BCUT2D eigenvalue weighted by atomic mass is 127. The summed E-state index contributed by atoms with van der Waals surface area (Å²) in [5.41, 5.74) is 6.53. The molecule has 3 nitrogen and oxygen atoms in total. The normalized spacial score (nSPS) is 25.3. The summed E-state index contributed by atoms with van der Waals surface area (Å²) >= 11 is 2.25. The Morgan fingerprint density at radius 2 is 2.19 bits per heavy atom. The predicted octanol–water partition coefficient (Wildman–Crippen LogP) is 3.60. The topological polar surface area (TPSA) is 43.8 Å². The molecule has 16 heavy (non-hydrogen) atoms. The number of nitrogen functional groups attached to an aromatic ring is 1. The summed E-state index contributed by atoms with van der Waals surface area (Å²) in [7, 11) is 0. The third-order valence-corrected chi connectivity index (χ3v) is 4.51. The van der Waals surface area contributed by atoms with Crippen LogP contribution in [0.3, 0.4) is 0 Å². The molecular formula is C12H20IN3. The van der Waals surface area contributed by atoms with E-state index in [1.165, 1.54) is 32.1 Å². The van der Waals surface area contributed by atoms with Crippen molar-refractivity contribution in [1.82, 2.24) is 9.78 Å². The molecule has 1 heterocycles. The number of halogens is 1. The number of hydrogen-bond acceptors (Lipinski definition) is 2. The summed E-state index contributed by atoms with van der Waals surface area (Å²) in [6.07, 6.45) is 8.16. The fourth-order valence-electron chi connectivity index (χ4n) is 2.53. The van der Waals surface area contributed by atoms with Crippen molar-refractivity contribution in [3.63, 3.8) is 0 Å². The standard InChI is InChI=1S/C12H20IN3/c1-12(2)6-3-4-9(5-7-12)16-11(14)10(13)8-15-16/h8-9H,3-7,14H2,1-2H3. The van der Waals surface area contributed by atoms with Crippen molar-refractivity contribution in [3.8, 4) is 0 Å². The van der Waals surface area contributed by atoms with Gasteiger partial charge in [0.2, 0.25) is 0 Å². The maximum absolute atomic E-state index is 6.05.